The van der Waals surface area contributed by atoms with Gasteiger partial charge in [-0.2, -0.15) is 0 Å². The molecule has 5 heterocycles. The van der Waals surface area contributed by atoms with E-state index in [0.717, 1.165) is 106 Å². The molecule has 5 aromatic heterocycles. The lowest BCUT2D eigenvalue weighted by atomic mass is 9.99. The van der Waals surface area contributed by atoms with E-state index in [1.807, 2.05) is 0 Å². The second-order valence-electron chi connectivity index (χ2n) is 24.4. The van der Waals surface area contributed by atoms with Crippen molar-refractivity contribution in [1.29, 1.82) is 0 Å². The number of aromatic nitrogens is 6. The molecule has 426 valence electrons. The molecule has 6 nitrogen and oxygen atoms in total. The molecule has 0 bridgehead atoms. The normalized spacial score (nSPS) is 12.1. The zero-order chi connectivity index (χ0) is 60.1. The molecule has 92 heavy (non-hydrogen) atoms. The Morgan fingerprint density at radius 1 is 0.207 bits per heavy atom. The number of hydrogen-bond donors (Lipinski definition) is 0. The predicted molar refractivity (Wildman–Crippen MR) is 383 cm³/mol. The van der Waals surface area contributed by atoms with Gasteiger partial charge in [0.25, 0.3) is 0 Å². The fourth-order valence-electron chi connectivity index (χ4n) is 15.4. The van der Waals surface area contributed by atoms with Crippen LogP contribution in [0.5, 0.6) is 0 Å². The van der Waals surface area contributed by atoms with Crippen LogP contribution in [0.4, 0.5) is 0 Å². The Morgan fingerprint density at radius 3 is 1.09 bits per heavy atom. The van der Waals surface area contributed by atoms with E-state index >= 15 is 0 Å². The Labute approximate surface area is 528 Å². The highest BCUT2D eigenvalue weighted by atomic mass is 15.0. The average Bonchev–Trinajstić information content (AvgIpc) is 1.57. The van der Waals surface area contributed by atoms with Gasteiger partial charge in [-0.15, -0.1) is 0 Å². The van der Waals surface area contributed by atoms with Crippen molar-refractivity contribution >= 4 is 98.0 Å². The van der Waals surface area contributed by atoms with Crippen molar-refractivity contribution in [3.05, 3.63) is 315 Å². The summed E-state index contributed by atoms with van der Waals surface area (Å²) in [6.07, 6.45) is 0. The molecule has 1 aliphatic rings. The van der Waals surface area contributed by atoms with Crippen molar-refractivity contribution in [2.24, 2.45) is 0 Å². The number of fused-ring (bicyclic) bond motifs is 15. The van der Waals surface area contributed by atoms with Crippen molar-refractivity contribution < 1.29 is 0 Å². The summed E-state index contributed by atoms with van der Waals surface area (Å²) in [6.45, 7) is 0. The fourth-order valence-corrected chi connectivity index (χ4v) is 15.4. The van der Waals surface area contributed by atoms with E-state index in [0.29, 0.717) is 5.82 Å². The van der Waals surface area contributed by atoms with Gasteiger partial charge in [-0.1, -0.05) is 212 Å². The third kappa shape index (κ3) is 7.43. The first-order chi connectivity index (χ1) is 45.6. The molecule has 0 saturated carbocycles. The number of para-hydroxylation sites is 6. The van der Waals surface area contributed by atoms with Crippen LogP contribution in [-0.4, -0.2) is 28.2 Å². The lowest BCUT2D eigenvalue weighted by Gasteiger charge is -2.17. The summed E-state index contributed by atoms with van der Waals surface area (Å²) in [5.41, 5.74) is 25.2. The van der Waals surface area contributed by atoms with E-state index in [1.165, 1.54) is 75.9 Å². The van der Waals surface area contributed by atoms with E-state index in [1.54, 1.807) is 0 Å². The third-order valence-electron chi connectivity index (χ3n) is 19.5. The van der Waals surface area contributed by atoms with Crippen LogP contribution in [0.3, 0.4) is 0 Å². The maximum atomic E-state index is 5.76. The number of rotatable bonds is 8. The first kappa shape index (κ1) is 50.6. The standard InChI is InChI=1S/C86H52N6/c1-4-20-54(21-5-1)84-83-70-32-18-22-53-23-19-33-71(82(53)70)85(83)88-86(87-84)59-46-62(91-74-34-14-10-28-64(74)68-42-38-57(50-80(68)91)55-40-44-78-72(48-55)66-30-12-16-36-76(66)89(78)60-24-6-2-7-25-60)52-63(47-59)92-75-35-15-11-29-65(75)69-43-39-58(51-81(69)92)56-41-45-79-73(49-56)67-31-13-17-37-77(67)90(79)61-26-8-3-9-27-61/h1-52H. The van der Waals surface area contributed by atoms with Gasteiger partial charge < -0.3 is 18.3 Å². The number of hydrogen-bond acceptors (Lipinski definition) is 2. The molecular weight excluding hydrogens is 1120 g/mol. The summed E-state index contributed by atoms with van der Waals surface area (Å²) in [5.74, 6) is 0.657. The van der Waals surface area contributed by atoms with Crippen molar-refractivity contribution in [3.8, 4) is 90.0 Å². The Hall–Kier alpha value is -12.4. The molecular formula is C86H52N6. The van der Waals surface area contributed by atoms with E-state index in [4.69, 9.17) is 9.97 Å². The molecule has 1 aliphatic carbocycles. The Balaban J connectivity index is 0.838. The summed E-state index contributed by atoms with van der Waals surface area (Å²) in [5, 5.41) is 12.0. The molecule has 19 aromatic rings. The Bertz CT molecular complexity index is 6000. The summed E-state index contributed by atoms with van der Waals surface area (Å²) in [4.78, 5) is 11.5. The maximum Gasteiger partial charge on any atom is 0.160 e. The molecule has 0 fully saturated rings. The van der Waals surface area contributed by atoms with E-state index in [-0.39, 0.29) is 0 Å². The van der Waals surface area contributed by atoms with Gasteiger partial charge in [0, 0.05) is 88.1 Å². The largest absolute Gasteiger partial charge is 0.309 e. The molecule has 20 rings (SSSR count). The molecule has 6 heteroatoms. The van der Waals surface area contributed by atoms with Gasteiger partial charge in [-0.05, 0) is 142 Å². The number of nitrogens with zero attached hydrogens (tertiary/aromatic N) is 6. The minimum absolute atomic E-state index is 0.657. The van der Waals surface area contributed by atoms with Crippen LogP contribution < -0.4 is 0 Å². The van der Waals surface area contributed by atoms with Crippen LogP contribution in [0.15, 0.2) is 315 Å². The first-order valence-electron chi connectivity index (χ1n) is 31.5. The maximum absolute atomic E-state index is 5.76. The van der Waals surface area contributed by atoms with Gasteiger partial charge in [0.1, 0.15) is 0 Å². The van der Waals surface area contributed by atoms with Crippen LogP contribution in [0.25, 0.3) is 188 Å². The molecule has 0 unspecified atom stereocenters. The van der Waals surface area contributed by atoms with Gasteiger partial charge in [0.05, 0.1) is 55.5 Å². The van der Waals surface area contributed by atoms with Crippen molar-refractivity contribution in [2.45, 2.75) is 0 Å². The second-order valence-corrected chi connectivity index (χ2v) is 24.4. The fraction of sp³-hybridized carbons (Fsp3) is 0. The van der Waals surface area contributed by atoms with Crippen LogP contribution >= 0.6 is 0 Å². The van der Waals surface area contributed by atoms with Gasteiger partial charge in [-0.25, -0.2) is 9.97 Å². The molecule has 0 aliphatic heterocycles. The van der Waals surface area contributed by atoms with Crippen LogP contribution in [-0.2, 0) is 0 Å². The van der Waals surface area contributed by atoms with Crippen LogP contribution in [0.1, 0.15) is 0 Å². The van der Waals surface area contributed by atoms with Gasteiger partial charge in [-0.3, -0.25) is 0 Å². The van der Waals surface area contributed by atoms with Crippen LogP contribution in [0, 0.1) is 0 Å². The van der Waals surface area contributed by atoms with Crippen molar-refractivity contribution in [3.63, 3.8) is 0 Å². The third-order valence-corrected chi connectivity index (χ3v) is 19.5. The topological polar surface area (TPSA) is 45.5 Å². The lowest BCUT2D eigenvalue weighted by molar-refractivity contribution is 1.12. The summed E-state index contributed by atoms with van der Waals surface area (Å²) < 4.78 is 9.72. The zero-order valence-corrected chi connectivity index (χ0v) is 49.7. The predicted octanol–water partition coefficient (Wildman–Crippen LogP) is 22.3. The molecule has 0 saturated heterocycles. The quantitative estimate of drug-likeness (QED) is 0.152. The summed E-state index contributed by atoms with van der Waals surface area (Å²) >= 11 is 0. The minimum atomic E-state index is 0.657. The second kappa shape index (κ2) is 19.6. The van der Waals surface area contributed by atoms with E-state index in [9.17, 15) is 0 Å². The van der Waals surface area contributed by atoms with Gasteiger partial charge in [0.15, 0.2) is 5.82 Å². The van der Waals surface area contributed by atoms with E-state index in [2.05, 4.69) is 334 Å². The van der Waals surface area contributed by atoms with E-state index < -0.39 is 0 Å². The van der Waals surface area contributed by atoms with Crippen molar-refractivity contribution in [2.75, 3.05) is 0 Å². The summed E-state index contributed by atoms with van der Waals surface area (Å²) in [7, 11) is 0. The molecule has 0 amide bonds. The monoisotopic (exact) mass is 1170 g/mol. The molecule has 0 atom stereocenters. The average molecular weight is 1170 g/mol. The summed E-state index contributed by atoms with van der Waals surface area (Å²) in [6, 6.07) is 116. The molecule has 0 radical (unpaired) electrons. The Morgan fingerprint density at radius 2 is 0.587 bits per heavy atom. The molecule has 14 aromatic carbocycles. The first-order valence-corrected chi connectivity index (χ1v) is 31.5. The van der Waals surface area contributed by atoms with Crippen LogP contribution in [0.2, 0.25) is 0 Å². The molecule has 0 N–H and O–H groups in total. The highest BCUT2D eigenvalue weighted by Crippen LogP contribution is 2.51. The highest BCUT2D eigenvalue weighted by molar-refractivity contribution is 6.18. The Kier molecular flexibility index (Phi) is 10.8. The van der Waals surface area contributed by atoms with Gasteiger partial charge in [0.2, 0.25) is 0 Å². The van der Waals surface area contributed by atoms with Crippen molar-refractivity contribution in [1.82, 2.24) is 28.2 Å². The minimum Gasteiger partial charge on any atom is -0.309 e. The lowest BCUT2D eigenvalue weighted by Crippen LogP contribution is -2.03. The zero-order valence-electron chi connectivity index (χ0n) is 49.7. The SMILES string of the molecule is c1ccc(-c2nc(-c3cc(-n4c5ccccc5c5ccc(-c6ccc7c(c6)c6ccccc6n7-c6ccccc6)cc54)cc(-n4c5ccccc5c5ccc(-c6ccc7c(c6)c6ccccc6n7-c6ccccc6)cc54)c3)nc3c2-c2cccc4cccc-3c24)cc1. The number of benzene rings is 14. The van der Waals surface area contributed by atoms with Gasteiger partial charge >= 0.3 is 0 Å². The highest BCUT2D eigenvalue weighted by Gasteiger charge is 2.29. The smallest absolute Gasteiger partial charge is 0.160 e. The molecule has 0 spiro atoms.